The molecule has 22 heavy (non-hydrogen) atoms. The largest absolute Gasteiger partial charge is 0.340 e. The van der Waals surface area contributed by atoms with Crippen LogP contribution in [0.1, 0.15) is 26.8 Å². The SMILES string of the molecule is O=C(N[C@H](c1ccccc1)c1cccs1)c1cccc(Br)c1. The second-order valence-corrected chi connectivity index (χ2v) is 6.74. The number of hydrogen-bond acceptors (Lipinski definition) is 2. The van der Waals surface area contributed by atoms with Gasteiger partial charge >= 0.3 is 0 Å². The monoisotopic (exact) mass is 371 g/mol. The Morgan fingerprint density at radius 2 is 1.82 bits per heavy atom. The quantitative estimate of drug-likeness (QED) is 0.684. The molecule has 3 aromatic rings. The first-order chi connectivity index (χ1) is 10.7. The summed E-state index contributed by atoms with van der Waals surface area (Å²) >= 11 is 5.04. The van der Waals surface area contributed by atoms with Crippen molar-refractivity contribution in [1.82, 2.24) is 5.32 Å². The molecule has 0 aliphatic carbocycles. The van der Waals surface area contributed by atoms with Gasteiger partial charge in [0.2, 0.25) is 0 Å². The molecule has 0 bridgehead atoms. The van der Waals surface area contributed by atoms with Gasteiger partial charge in [-0.25, -0.2) is 0 Å². The smallest absolute Gasteiger partial charge is 0.252 e. The highest BCUT2D eigenvalue weighted by Gasteiger charge is 2.18. The summed E-state index contributed by atoms with van der Waals surface area (Å²) in [6, 6.07) is 21.3. The molecule has 1 aromatic heterocycles. The average Bonchev–Trinajstić information content (AvgIpc) is 3.07. The molecule has 1 heterocycles. The molecule has 0 fully saturated rings. The first-order valence-corrected chi connectivity index (χ1v) is 8.56. The van der Waals surface area contributed by atoms with Gasteiger partial charge in [0.1, 0.15) is 0 Å². The van der Waals surface area contributed by atoms with E-state index >= 15 is 0 Å². The molecule has 2 aromatic carbocycles. The number of amides is 1. The van der Waals surface area contributed by atoms with Gasteiger partial charge in [-0.1, -0.05) is 58.4 Å². The Hall–Kier alpha value is -1.91. The second-order valence-electron chi connectivity index (χ2n) is 4.84. The first kappa shape index (κ1) is 15.0. The predicted octanol–water partition coefficient (Wildman–Crippen LogP) is 5.03. The molecule has 3 rings (SSSR count). The highest BCUT2D eigenvalue weighted by molar-refractivity contribution is 9.10. The molecular weight excluding hydrogens is 358 g/mol. The molecule has 0 radical (unpaired) electrons. The van der Waals surface area contributed by atoms with E-state index in [0.29, 0.717) is 5.56 Å². The number of hydrogen-bond donors (Lipinski definition) is 1. The zero-order valence-electron chi connectivity index (χ0n) is 11.7. The Kier molecular flexibility index (Phi) is 4.71. The van der Waals surface area contributed by atoms with Crippen LogP contribution in [0.25, 0.3) is 0 Å². The van der Waals surface area contributed by atoms with Gasteiger partial charge in [-0.2, -0.15) is 0 Å². The van der Waals surface area contributed by atoms with Gasteiger partial charge in [-0.15, -0.1) is 11.3 Å². The number of carbonyl (C=O) groups is 1. The summed E-state index contributed by atoms with van der Waals surface area (Å²) in [5.41, 5.74) is 1.72. The van der Waals surface area contributed by atoms with Crippen LogP contribution in [-0.2, 0) is 0 Å². The summed E-state index contributed by atoms with van der Waals surface area (Å²) in [5.74, 6) is -0.0800. The highest BCUT2D eigenvalue weighted by atomic mass is 79.9. The number of rotatable bonds is 4. The molecule has 1 amide bonds. The summed E-state index contributed by atoms with van der Waals surface area (Å²) in [7, 11) is 0. The average molecular weight is 372 g/mol. The van der Waals surface area contributed by atoms with Crippen molar-refractivity contribution in [3.8, 4) is 0 Å². The van der Waals surface area contributed by atoms with E-state index < -0.39 is 0 Å². The van der Waals surface area contributed by atoms with Crippen molar-refractivity contribution in [2.24, 2.45) is 0 Å². The third-order valence-corrected chi connectivity index (χ3v) is 4.75. The van der Waals surface area contributed by atoms with Crippen molar-refractivity contribution < 1.29 is 4.79 Å². The van der Waals surface area contributed by atoms with Gasteiger partial charge in [-0.05, 0) is 35.2 Å². The fraction of sp³-hybridized carbons (Fsp3) is 0.0556. The minimum absolute atomic E-state index is 0.0800. The summed E-state index contributed by atoms with van der Waals surface area (Å²) < 4.78 is 0.896. The van der Waals surface area contributed by atoms with Crippen LogP contribution in [0.4, 0.5) is 0 Å². The molecule has 2 nitrogen and oxygen atoms in total. The lowest BCUT2D eigenvalue weighted by Gasteiger charge is -2.18. The standard InChI is InChI=1S/C18H14BrNOS/c19-15-9-4-8-14(12-15)18(21)20-17(16-10-5-11-22-16)13-6-2-1-3-7-13/h1-12,17H,(H,20,21)/t17-/m1/s1. The van der Waals surface area contributed by atoms with Gasteiger partial charge in [0.05, 0.1) is 6.04 Å². The summed E-state index contributed by atoms with van der Waals surface area (Å²) in [6.07, 6.45) is 0. The minimum Gasteiger partial charge on any atom is -0.340 e. The van der Waals surface area contributed by atoms with Crippen LogP contribution in [0, 0.1) is 0 Å². The zero-order valence-corrected chi connectivity index (χ0v) is 14.1. The lowest BCUT2D eigenvalue weighted by atomic mass is 10.0. The minimum atomic E-state index is -0.132. The summed E-state index contributed by atoms with van der Waals surface area (Å²) in [5, 5.41) is 5.15. The molecule has 0 unspecified atom stereocenters. The molecule has 0 spiro atoms. The van der Waals surface area contributed by atoms with Crippen LogP contribution in [0.5, 0.6) is 0 Å². The van der Waals surface area contributed by atoms with Crippen molar-refractivity contribution in [3.63, 3.8) is 0 Å². The van der Waals surface area contributed by atoms with Crippen LogP contribution in [-0.4, -0.2) is 5.91 Å². The van der Waals surface area contributed by atoms with Crippen molar-refractivity contribution >= 4 is 33.2 Å². The van der Waals surface area contributed by atoms with E-state index in [-0.39, 0.29) is 11.9 Å². The maximum atomic E-state index is 12.5. The number of carbonyl (C=O) groups excluding carboxylic acids is 1. The lowest BCUT2D eigenvalue weighted by molar-refractivity contribution is 0.0943. The van der Waals surface area contributed by atoms with E-state index in [1.54, 1.807) is 11.3 Å². The van der Waals surface area contributed by atoms with Gasteiger partial charge in [0, 0.05) is 14.9 Å². The van der Waals surface area contributed by atoms with E-state index in [4.69, 9.17) is 0 Å². The fourth-order valence-corrected chi connectivity index (χ4v) is 3.47. The topological polar surface area (TPSA) is 29.1 Å². The Morgan fingerprint density at radius 3 is 2.50 bits per heavy atom. The predicted molar refractivity (Wildman–Crippen MR) is 94.2 cm³/mol. The van der Waals surface area contributed by atoms with Crippen molar-refractivity contribution in [2.75, 3.05) is 0 Å². The third kappa shape index (κ3) is 3.46. The van der Waals surface area contributed by atoms with Gasteiger partial charge in [0.15, 0.2) is 0 Å². The van der Waals surface area contributed by atoms with E-state index in [2.05, 4.69) is 21.2 Å². The van der Waals surface area contributed by atoms with E-state index in [1.807, 2.05) is 72.1 Å². The zero-order chi connectivity index (χ0) is 15.4. The number of halogens is 1. The van der Waals surface area contributed by atoms with Crippen LogP contribution in [0.2, 0.25) is 0 Å². The Balaban J connectivity index is 1.89. The van der Waals surface area contributed by atoms with Gasteiger partial charge in [-0.3, -0.25) is 4.79 Å². The molecule has 0 aliphatic rings. The molecule has 0 aliphatic heterocycles. The van der Waals surface area contributed by atoms with Crippen LogP contribution in [0.15, 0.2) is 76.6 Å². The Morgan fingerprint density at radius 1 is 1.00 bits per heavy atom. The normalized spacial score (nSPS) is 11.9. The fourth-order valence-electron chi connectivity index (χ4n) is 2.26. The Bertz CT molecular complexity index is 756. The molecule has 1 atom stereocenters. The molecular formula is C18H14BrNOS. The van der Waals surface area contributed by atoms with Crippen molar-refractivity contribution in [3.05, 3.63) is 92.6 Å². The number of nitrogens with one attached hydrogen (secondary N) is 1. The van der Waals surface area contributed by atoms with Crippen molar-refractivity contribution in [1.29, 1.82) is 0 Å². The molecule has 0 saturated carbocycles. The molecule has 4 heteroatoms. The third-order valence-electron chi connectivity index (χ3n) is 3.32. The van der Waals surface area contributed by atoms with Gasteiger partial charge < -0.3 is 5.32 Å². The van der Waals surface area contributed by atoms with E-state index in [9.17, 15) is 4.79 Å². The first-order valence-electron chi connectivity index (χ1n) is 6.89. The molecule has 0 saturated heterocycles. The highest BCUT2D eigenvalue weighted by Crippen LogP contribution is 2.26. The lowest BCUT2D eigenvalue weighted by Crippen LogP contribution is -2.28. The van der Waals surface area contributed by atoms with E-state index in [1.165, 1.54) is 0 Å². The van der Waals surface area contributed by atoms with Crippen LogP contribution >= 0.6 is 27.3 Å². The van der Waals surface area contributed by atoms with Crippen LogP contribution in [0.3, 0.4) is 0 Å². The van der Waals surface area contributed by atoms with Crippen LogP contribution < -0.4 is 5.32 Å². The summed E-state index contributed by atoms with van der Waals surface area (Å²) in [6.45, 7) is 0. The van der Waals surface area contributed by atoms with E-state index in [0.717, 1.165) is 14.9 Å². The second kappa shape index (κ2) is 6.90. The Labute approximate surface area is 141 Å². The van der Waals surface area contributed by atoms with Gasteiger partial charge in [0.25, 0.3) is 5.91 Å². The molecule has 110 valence electrons. The number of benzene rings is 2. The van der Waals surface area contributed by atoms with Crippen molar-refractivity contribution in [2.45, 2.75) is 6.04 Å². The molecule has 1 N–H and O–H groups in total. The maximum Gasteiger partial charge on any atom is 0.252 e. The maximum absolute atomic E-state index is 12.5. The summed E-state index contributed by atoms with van der Waals surface area (Å²) in [4.78, 5) is 13.7. The number of thiophene rings is 1.